The highest BCUT2D eigenvalue weighted by Crippen LogP contribution is 2.44. The number of thioether (sulfide) groups is 1. The van der Waals surface area contributed by atoms with Crippen LogP contribution in [0.15, 0.2) is 59.5 Å². The van der Waals surface area contributed by atoms with Gasteiger partial charge in [0.1, 0.15) is 6.61 Å². The predicted molar refractivity (Wildman–Crippen MR) is 124 cm³/mol. The minimum atomic E-state index is -0.392. The molecule has 2 aromatic rings. The number of pyridine rings is 2. The van der Waals surface area contributed by atoms with Gasteiger partial charge < -0.3 is 15.0 Å². The number of hydrogen-bond acceptors (Lipinski definition) is 7. The lowest BCUT2D eigenvalue weighted by Crippen LogP contribution is -2.37. The lowest BCUT2D eigenvalue weighted by atomic mass is 9.94. The molecule has 9 heteroatoms. The third-order valence-electron chi connectivity index (χ3n) is 5.82. The third-order valence-corrected chi connectivity index (χ3v) is 7.14. The molecular weight excluding hydrogens is 438 g/mol. The van der Waals surface area contributed by atoms with Crippen LogP contribution >= 0.6 is 11.8 Å². The first kappa shape index (κ1) is 22.8. The van der Waals surface area contributed by atoms with Crippen LogP contribution in [0.3, 0.4) is 0 Å². The number of nitrogens with zero attached hydrogens (tertiary/aromatic N) is 4. The van der Waals surface area contributed by atoms with E-state index in [-0.39, 0.29) is 23.8 Å². The van der Waals surface area contributed by atoms with E-state index in [2.05, 4.69) is 21.4 Å². The van der Waals surface area contributed by atoms with Gasteiger partial charge >= 0.3 is 6.09 Å². The van der Waals surface area contributed by atoms with Gasteiger partial charge in [0, 0.05) is 48.2 Å². The van der Waals surface area contributed by atoms with Crippen molar-refractivity contribution in [1.29, 1.82) is 5.26 Å². The van der Waals surface area contributed by atoms with Gasteiger partial charge in [0.2, 0.25) is 5.91 Å². The zero-order chi connectivity index (χ0) is 23.2. The Morgan fingerprint density at radius 2 is 2.09 bits per heavy atom. The van der Waals surface area contributed by atoms with Crippen molar-refractivity contribution in [2.24, 2.45) is 5.92 Å². The first-order valence-corrected chi connectivity index (χ1v) is 11.7. The quantitative estimate of drug-likeness (QED) is 0.697. The minimum Gasteiger partial charge on any atom is -0.444 e. The highest BCUT2D eigenvalue weighted by molar-refractivity contribution is 8.04. The molecule has 0 spiro atoms. The van der Waals surface area contributed by atoms with Crippen LogP contribution in [0.2, 0.25) is 0 Å². The lowest BCUT2D eigenvalue weighted by Gasteiger charge is -2.27. The molecule has 2 amide bonds. The number of aromatic nitrogens is 2. The van der Waals surface area contributed by atoms with Crippen molar-refractivity contribution in [3.8, 4) is 6.07 Å². The Morgan fingerprint density at radius 1 is 1.30 bits per heavy atom. The molecule has 0 radical (unpaired) electrons. The summed E-state index contributed by atoms with van der Waals surface area (Å²) in [5.74, 6) is -0.466. The molecule has 0 bridgehead atoms. The Morgan fingerprint density at radius 3 is 2.79 bits per heavy atom. The van der Waals surface area contributed by atoms with E-state index >= 15 is 0 Å². The fraction of sp³-hybridized carbons (Fsp3) is 0.375. The molecule has 4 rings (SSSR count). The SMILES string of the molecule is CC(CC(=O)NC1SC2=C(CCN(C(=O)OCc3cccnc3)C2)C1C#N)c1cccnc1. The molecule has 0 saturated carbocycles. The van der Waals surface area contributed by atoms with Crippen LogP contribution in [0.25, 0.3) is 0 Å². The largest absolute Gasteiger partial charge is 0.444 e. The topological polar surface area (TPSA) is 108 Å². The molecule has 0 saturated heterocycles. The maximum atomic E-state index is 12.7. The molecule has 2 aromatic heterocycles. The normalized spacial score (nSPS) is 20.5. The monoisotopic (exact) mass is 463 g/mol. The van der Waals surface area contributed by atoms with Crippen LogP contribution in [0.1, 0.15) is 36.8 Å². The van der Waals surface area contributed by atoms with E-state index in [1.165, 1.54) is 11.8 Å². The van der Waals surface area contributed by atoms with Crippen molar-refractivity contribution >= 4 is 23.8 Å². The molecule has 4 heterocycles. The molecule has 2 aliphatic heterocycles. The maximum Gasteiger partial charge on any atom is 0.410 e. The number of amides is 2. The zero-order valence-corrected chi connectivity index (χ0v) is 19.1. The summed E-state index contributed by atoms with van der Waals surface area (Å²) in [6.07, 6.45) is 7.33. The van der Waals surface area contributed by atoms with E-state index < -0.39 is 12.0 Å². The molecule has 0 aromatic carbocycles. The first-order valence-electron chi connectivity index (χ1n) is 10.8. The summed E-state index contributed by atoms with van der Waals surface area (Å²) >= 11 is 1.47. The average Bonchev–Trinajstić information content (AvgIpc) is 3.19. The molecule has 8 nitrogen and oxygen atoms in total. The molecule has 3 unspecified atom stereocenters. The van der Waals surface area contributed by atoms with Crippen LogP contribution in [0.5, 0.6) is 0 Å². The Kier molecular flexibility index (Phi) is 7.25. The summed E-state index contributed by atoms with van der Waals surface area (Å²) in [5, 5.41) is 12.4. The van der Waals surface area contributed by atoms with Gasteiger partial charge in [-0.1, -0.05) is 19.1 Å². The fourth-order valence-electron chi connectivity index (χ4n) is 4.01. The number of carbonyl (C=O) groups is 2. The van der Waals surface area contributed by atoms with Gasteiger partial charge in [-0.15, -0.1) is 11.8 Å². The van der Waals surface area contributed by atoms with E-state index in [4.69, 9.17) is 4.74 Å². The molecule has 2 aliphatic rings. The van der Waals surface area contributed by atoms with E-state index in [1.807, 2.05) is 25.1 Å². The zero-order valence-electron chi connectivity index (χ0n) is 18.3. The predicted octanol–water partition coefficient (Wildman–Crippen LogP) is 3.60. The van der Waals surface area contributed by atoms with Crippen LogP contribution < -0.4 is 5.32 Å². The van der Waals surface area contributed by atoms with E-state index in [9.17, 15) is 14.9 Å². The smallest absolute Gasteiger partial charge is 0.410 e. The summed E-state index contributed by atoms with van der Waals surface area (Å²) in [5.41, 5.74) is 2.84. The van der Waals surface area contributed by atoms with Crippen LogP contribution in [0, 0.1) is 17.2 Å². The average molecular weight is 464 g/mol. The van der Waals surface area contributed by atoms with E-state index in [1.54, 1.807) is 35.8 Å². The number of nitriles is 1. The highest BCUT2D eigenvalue weighted by Gasteiger charge is 2.40. The Bertz CT molecular complexity index is 1070. The molecule has 33 heavy (non-hydrogen) atoms. The van der Waals surface area contributed by atoms with Crippen LogP contribution in [-0.4, -0.2) is 45.3 Å². The highest BCUT2D eigenvalue weighted by atomic mass is 32.2. The molecule has 0 fully saturated rings. The van der Waals surface area contributed by atoms with Crippen molar-refractivity contribution in [2.75, 3.05) is 13.1 Å². The minimum absolute atomic E-state index is 0.0262. The summed E-state index contributed by atoms with van der Waals surface area (Å²) in [6.45, 7) is 3.03. The van der Waals surface area contributed by atoms with Crippen LogP contribution in [-0.2, 0) is 16.1 Å². The van der Waals surface area contributed by atoms with Gasteiger partial charge in [-0.05, 0) is 35.6 Å². The van der Waals surface area contributed by atoms with Gasteiger partial charge in [-0.3, -0.25) is 14.8 Å². The third kappa shape index (κ3) is 5.52. The van der Waals surface area contributed by atoms with Crippen LogP contribution in [0.4, 0.5) is 4.79 Å². The Labute approximate surface area is 197 Å². The summed E-state index contributed by atoms with van der Waals surface area (Å²) in [4.78, 5) is 36.0. The second-order valence-corrected chi connectivity index (χ2v) is 9.38. The van der Waals surface area contributed by atoms with Gasteiger partial charge in [0.25, 0.3) is 0 Å². The maximum absolute atomic E-state index is 12.7. The standard InChI is InChI=1S/C24H25N5O3S/c1-16(18-5-3-8-27-13-18)10-22(30)28-23-20(11-25)19-6-9-29(14-21(19)33-23)24(31)32-15-17-4-2-7-26-12-17/h2-5,7-8,12-13,16,20,23H,6,9-10,14-15H2,1H3,(H,28,30). The van der Waals surface area contributed by atoms with Crippen molar-refractivity contribution in [3.05, 3.63) is 70.7 Å². The molecule has 3 atom stereocenters. The molecule has 0 aliphatic carbocycles. The molecule has 170 valence electrons. The first-order chi connectivity index (χ1) is 16.0. The van der Waals surface area contributed by atoms with Crippen molar-refractivity contribution < 1.29 is 14.3 Å². The fourth-order valence-corrected chi connectivity index (χ4v) is 5.48. The molecular formula is C24H25N5O3S. The summed E-state index contributed by atoms with van der Waals surface area (Å²) in [7, 11) is 0. The molecule has 1 N–H and O–H groups in total. The van der Waals surface area contributed by atoms with Gasteiger partial charge in [0.05, 0.1) is 23.9 Å². The van der Waals surface area contributed by atoms with Crippen molar-refractivity contribution in [2.45, 2.75) is 37.7 Å². The van der Waals surface area contributed by atoms with E-state index in [0.29, 0.717) is 25.9 Å². The lowest BCUT2D eigenvalue weighted by molar-refractivity contribution is -0.121. The number of ether oxygens (including phenoxy) is 1. The number of nitrogens with one attached hydrogen (secondary N) is 1. The number of rotatable bonds is 6. The van der Waals surface area contributed by atoms with Crippen molar-refractivity contribution in [1.82, 2.24) is 20.2 Å². The van der Waals surface area contributed by atoms with Crippen molar-refractivity contribution in [3.63, 3.8) is 0 Å². The number of carbonyl (C=O) groups excluding carboxylic acids is 2. The van der Waals surface area contributed by atoms with Gasteiger partial charge in [-0.25, -0.2) is 4.79 Å². The van der Waals surface area contributed by atoms with E-state index in [0.717, 1.165) is 21.6 Å². The number of hydrogen-bond donors (Lipinski definition) is 1. The van der Waals surface area contributed by atoms with Gasteiger partial charge in [-0.2, -0.15) is 5.26 Å². The Balaban J connectivity index is 1.32. The second-order valence-electron chi connectivity index (χ2n) is 8.14. The van der Waals surface area contributed by atoms with Gasteiger partial charge in [0.15, 0.2) is 0 Å². The summed E-state index contributed by atoms with van der Waals surface area (Å²) < 4.78 is 5.42. The summed E-state index contributed by atoms with van der Waals surface area (Å²) in [6, 6.07) is 9.81. The second kappa shape index (κ2) is 10.5. The Hall–Kier alpha value is -3.38.